The maximum atomic E-state index is 13.6. The van der Waals surface area contributed by atoms with Gasteiger partial charge in [0.15, 0.2) is 0 Å². The zero-order chi connectivity index (χ0) is 14.8. The van der Waals surface area contributed by atoms with E-state index in [1.807, 2.05) is 0 Å². The molecule has 1 heterocycles. The molecular formula is C13H9ClF4N2. The molecule has 0 unspecified atom stereocenters. The summed E-state index contributed by atoms with van der Waals surface area (Å²) in [6.07, 6.45) is -3.04. The molecule has 0 aliphatic rings. The van der Waals surface area contributed by atoms with Crippen molar-refractivity contribution in [3.63, 3.8) is 0 Å². The highest BCUT2D eigenvalue weighted by Gasteiger charge is 2.30. The molecule has 0 saturated heterocycles. The summed E-state index contributed by atoms with van der Waals surface area (Å²) in [5.74, 6) is -0.592. The maximum absolute atomic E-state index is 13.6. The average molecular weight is 305 g/mol. The molecule has 2 nitrogen and oxygen atoms in total. The second kappa shape index (κ2) is 5.76. The molecule has 106 valence electrons. The standard InChI is InChI=1S/C13H9ClF4N2/c14-20-11(12-10(15)2-1-7-19-12)8-3-5-9(6-4-8)13(16,17)18/h1-7,11,20H/t11-/m0/s1. The minimum atomic E-state index is -4.42. The molecular weight excluding hydrogens is 296 g/mol. The van der Waals surface area contributed by atoms with Gasteiger partial charge in [-0.2, -0.15) is 13.2 Å². The summed E-state index contributed by atoms with van der Waals surface area (Å²) in [4.78, 5) is 6.17. The van der Waals surface area contributed by atoms with Gasteiger partial charge in [-0.1, -0.05) is 12.1 Å². The third-order valence-electron chi connectivity index (χ3n) is 2.74. The molecule has 1 aromatic heterocycles. The Balaban J connectivity index is 2.36. The molecule has 0 radical (unpaired) electrons. The molecule has 0 aliphatic heterocycles. The highest BCUT2D eigenvalue weighted by atomic mass is 35.5. The van der Waals surface area contributed by atoms with Crippen molar-refractivity contribution < 1.29 is 17.6 Å². The highest BCUT2D eigenvalue weighted by Crippen LogP contribution is 2.31. The lowest BCUT2D eigenvalue weighted by molar-refractivity contribution is -0.137. The molecule has 0 spiro atoms. The van der Waals surface area contributed by atoms with Crippen LogP contribution in [-0.4, -0.2) is 4.98 Å². The summed E-state index contributed by atoms with van der Waals surface area (Å²) in [7, 11) is 0. The molecule has 0 saturated carbocycles. The second-order valence-corrected chi connectivity index (χ2v) is 4.25. The Kier molecular flexibility index (Phi) is 4.25. The van der Waals surface area contributed by atoms with Gasteiger partial charge in [-0.3, -0.25) is 4.98 Å². The summed E-state index contributed by atoms with van der Waals surface area (Å²) in [5, 5.41) is 0. The van der Waals surface area contributed by atoms with Crippen LogP contribution >= 0.6 is 11.8 Å². The SMILES string of the molecule is Fc1cccnc1[C@@H](NCl)c1ccc(C(F)(F)F)cc1. The van der Waals surface area contributed by atoms with Crippen LogP contribution in [-0.2, 0) is 6.18 Å². The number of hydrogen-bond acceptors (Lipinski definition) is 2. The Morgan fingerprint density at radius 1 is 1.10 bits per heavy atom. The first-order chi connectivity index (χ1) is 9.43. The van der Waals surface area contributed by atoms with E-state index in [0.717, 1.165) is 12.1 Å². The van der Waals surface area contributed by atoms with Gasteiger partial charge in [-0.15, -0.1) is 0 Å². The van der Waals surface area contributed by atoms with Crippen LogP contribution in [0.3, 0.4) is 0 Å². The van der Waals surface area contributed by atoms with Gasteiger partial charge in [-0.05, 0) is 41.6 Å². The minimum Gasteiger partial charge on any atom is -0.256 e. The van der Waals surface area contributed by atoms with E-state index in [1.54, 1.807) is 0 Å². The summed E-state index contributed by atoms with van der Waals surface area (Å²) in [6.45, 7) is 0. The third kappa shape index (κ3) is 3.08. The Hall–Kier alpha value is -1.66. The highest BCUT2D eigenvalue weighted by molar-refractivity contribution is 6.13. The number of pyridine rings is 1. The Labute approximate surface area is 117 Å². The van der Waals surface area contributed by atoms with Crippen LogP contribution < -0.4 is 4.84 Å². The molecule has 2 aromatic rings. The van der Waals surface area contributed by atoms with Gasteiger partial charge >= 0.3 is 6.18 Å². The summed E-state index contributed by atoms with van der Waals surface area (Å²) in [5.41, 5.74) is -0.385. The summed E-state index contributed by atoms with van der Waals surface area (Å²) >= 11 is 5.56. The maximum Gasteiger partial charge on any atom is 0.416 e. The summed E-state index contributed by atoms with van der Waals surface area (Å²) < 4.78 is 51.1. The lowest BCUT2D eigenvalue weighted by atomic mass is 10.0. The first kappa shape index (κ1) is 14.7. The largest absolute Gasteiger partial charge is 0.416 e. The molecule has 7 heteroatoms. The number of aromatic nitrogens is 1. The van der Waals surface area contributed by atoms with Gasteiger partial charge in [0.05, 0.1) is 17.3 Å². The van der Waals surface area contributed by atoms with Crippen molar-refractivity contribution in [2.45, 2.75) is 12.2 Å². The Morgan fingerprint density at radius 3 is 2.25 bits per heavy atom. The Morgan fingerprint density at radius 2 is 1.75 bits per heavy atom. The quantitative estimate of drug-likeness (QED) is 0.683. The van der Waals surface area contributed by atoms with E-state index < -0.39 is 23.6 Å². The fourth-order valence-electron chi connectivity index (χ4n) is 1.75. The molecule has 1 N–H and O–H groups in total. The zero-order valence-electron chi connectivity index (χ0n) is 9.96. The number of nitrogens with one attached hydrogen (secondary N) is 1. The van der Waals surface area contributed by atoms with Crippen LogP contribution in [0.2, 0.25) is 0 Å². The number of alkyl halides is 3. The van der Waals surface area contributed by atoms with Gasteiger partial charge in [-0.25, -0.2) is 9.23 Å². The van der Waals surface area contributed by atoms with Crippen LogP contribution in [0.15, 0.2) is 42.6 Å². The molecule has 0 aliphatic carbocycles. The van der Waals surface area contributed by atoms with Crippen molar-refractivity contribution in [3.05, 3.63) is 65.2 Å². The van der Waals surface area contributed by atoms with Crippen molar-refractivity contribution in [1.29, 1.82) is 0 Å². The van der Waals surface area contributed by atoms with Gasteiger partial charge in [0.2, 0.25) is 0 Å². The number of hydrogen-bond donors (Lipinski definition) is 1. The summed E-state index contributed by atoms with van der Waals surface area (Å²) in [6, 6.07) is 6.08. The zero-order valence-corrected chi connectivity index (χ0v) is 10.7. The van der Waals surface area contributed by atoms with Crippen LogP contribution in [0.25, 0.3) is 0 Å². The lowest BCUT2D eigenvalue weighted by Crippen LogP contribution is -2.16. The number of benzene rings is 1. The fourth-order valence-corrected chi connectivity index (χ4v) is 1.98. The molecule has 1 atom stereocenters. The predicted molar refractivity (Wildman–Crippen MR) is 66.5 cm³/mol. The molecule has 0 fully saturated rings. The normalized spacial score (nSPS) is 13.2. The predicted octanol–water partition coefficient (Wildman–Crippen LogP) is 4.07. The van der Waals surface area contributed by atoms with E-state index in [1.165, 1.54) is 30.5 Å². The lowest BCUT2D eigenvalue weighted by Gasteiger charge is -2.16. The molecule has 2 rings (SSSR count). The van der Waals surface area contributed by atoms with Crippen LogP contribution in [0.5, 0.6) is 0 Å². The molecule has 20 heavy (non-hydrogen) atoms. The minimum absolute atomic E-state index is 0.0160. The van der Waals surface area contributed by atoms with Crippen LogP contribution in [0.4, 0.5) is 17.6 Å². The third-order valence-corrected chi connectivity index (χ3v) is 2.96. The average Bonchev–Trinajstić information content (AvgIpc) is 2.41. The van der Waals surface area contributed by atoms with Crippen molar-refractivity contribution in [2.24, 2.45) is 0 Å². The smallest absolute Gasteiger partial charge is 0.256 e. The second-order valence-electron chi connectivity index (χ2n) is 4.03. The van der Waals surface area contributed by atoms with E-state index in [0.29, 0.717) is 5.56 Å². The van der Waals surface area contributed by atoms with Crippen molar-refractivity contribution >= 4 is 11.8 Å². The van der Waals surface area contributed by atoms with Crippen molar-refractivity contribution in [2.75, 3.05) is 0 Å². The van der Waals surface area contributed by atoms with Crippen molar-refractivity contribution in [1.82, 2.24) is 9.82 Å². The first-order valence-corrected chi connectivity index (χ1v) is 5.95. The molecule has 0 amide bonds. The van der Waals surface area contributed by atoms with Crippen molar-refractivity contribution in [3.8, 4) is 0 Å². The van der Waals surface area contributed by atoms with E-state index >= 15 is 0 Å². The van der Waals surface area contributed by atoms with Crippen LogP contribution in [0, 0.1) is 5.82 Å². The first-order valence-electron chi connectivity index (χ1n) is 5.57. The van der Waals surface area contributed by atoms with Gasteiger partial charge < -0.3 is 0 Å². The van der Waals surface area contributed by atoms with E-state index in [2.05, 4.69) is 9.82 Å². The van der Waals surface area contributed by atoms with E-state index in [4.69, 9.17) is 11.8 Å². The van der Waals surface area contributed by atoms with E-state index in [-0.39, 0.29) is 5.69 Å². The number of nitrogens with zero attached hydrogens (tertiary/aromatic N) is 1. The van der Waals surface area contributed by atoms with Gasteiger partial charge in [0.1, 0.15) is 5.82 Å². The van der Waals surface area contributed by atoms with Gasteiger partial charge in [0, 0.05) is 6.20 Å². The monoisotopic (exact) mass is 304 g/mol. The van der Waals surface area contributed by atoms with Gasteiger partial charge in [0.25, 0.3) is 0 Å². The van der Waals surface area contributed by atoms with Crippen LogP contribution in [0.1, 0.15) is 22.9 Å². The number of halogens is 5. The molecule has 0 bridgehead atoms. The fraction of sp³-hybridized carbons (Fsp3) is 0.154. The Bertz CT molecular complexity index is 584. The van der Waals surface area contributed by atoms with E-state index in [9.17, 15) is 17.6 Å². The number of rotatable bonds is 3. The topological polar surface area (TPSA) is 24.9 Å². The molecule has 1 aromatic carbocycles.